The van der Waals surface area contributed by atoms with Crippen LogP contribution in [0.2, 0.25) is 0 Å². The Labute approximate surface area is 171 Å². The molecule has 0 unspecified atom stereocenters. The third-order valence-corrected chi connectivity index (χ3v) is 6.23. The second-order valence-corrected chi connectivity index (χ2v) is 7.96. The van der Waals surface area contributed by atoms with E-state index in [4.69, 9.17) is 9.68 Å². The Morgan fingerprint density at radius 2 is 2.13 bits per heavy atom. The first kappa shape index (κ1) is 20.3. The Hall–Kier alpha value is -2.99. The van der Waals surface area contributed by atoms with Crippen molar-refractivity contribution in [2.24, 2.45) is 11.3 Å². The number of furan rings is 1. The van der Waals surface area contributed by atoms with Gasteiger partial charge in [-0.05, 0) is 36.6 Å². The van der Waals surface area contributed by atoms with Crippen LogP contribution in [0, 0.1) is 22.7 Å². The summed E-state index contributed by atoms with van der Waals surface area (Å²) in [6.07, 6.45) is -1.20. The minimum absolute atomic E-state index is 0.0510. The van der Waals surface area contributed by atoms with E-state index in [1.54, 1.807) is 21.9 Å². The Balaban J connectivity index is 1.59. The van der Waals surface area contributed by atoms with Gasteiger partial charge in [-0.25, -0.2) is 0 Å². The number of carbonyl (C=O) groups is 1. The summed E-state index contributed by atoms with van der Waals surface area (Å²) in [7, 11) is 0. The number of nitrogens with zero attached hydrogens (tertiary/aromatic N) is 3. The van der Waals surface area contributed by atoms with Crippen molar-refractivity contribution in [3.63, 3.8) is 0 Å². The van der Waals surface area contributed by atoms with Crippen molar-refractivity contribution in [1.29, 1.82) is 5.26 Å². The van der Waals surface area contributed by atoms with Crippen LogP contribution in [0.1, 0.15) is 27.9 Å². The lowest BCUT2D eigenvalue weighted by Gasteiger charge is -2.44. The van der Waals surface area contributed by atoms with Gasteiger partial charge in [-0.2, -0.15) is 18.4 Å². The van der Waals surface area contributed by atoms with E-state index in [9.17, 15) is 23.1 Å². The van der Waals surface area contributed by atoms with Crippen LogP contribution in [0.15, 0.2) is 41.2 Å². The number of benzene rings is 1. The largest absolute Gasteiger partial charge is 0.472 e. The third kappa shape index (κ3) is 3.41. The second-order valence-electron chi connectivity index (χ2n) is 7.96. The number of aliphatic hydroxyl groups excluding tert-OH is 1. The van der Waals surface area contributed by atoms with Crippen LogP contribution in [0.4, 0.5) is 18.9 Å². The number of amides is 1. The molecule has 2 atom stereocenters. The number of hydrogen-bond acceptors (Lipinski definition) is 5. The normalized spacial score (nSPS) is 23.9. The standard InChI is InChI=1S/C21H20F3N3O3/c22-21(23,24)18-7-17(2-1-14(18)8-25)26-5-3-16-9-27(12-20(16,11-26)13-28)19(29)15-4-6-30-10-15/h1-2,4,6-7,10,16,28H,3,5,9,11-13H2/t16-,20+/m1/s1. The molecule has 2 fully saturated rings. The fourth-order valence-electron chi connectivity index (χ4n) is 4.61. The van der Waals surface area contributed by atoms with E-state index in [-0.39, 0.29) is 18.4 Å². The lowest BCUT2D eigenvalue weighted by molar-refractivity contribution is -0.137. The van der Waals surface area contributed by atoms with Crippen molar-refractivity contribution in [3.05, 3.63) is 53.5 Å². The van der Waals surface area contributed by atoms with Gasteiger partial charge >= 0.3 is 6.18 Å². The van der Waals surface area contributed by atoms with Crippen molar-refractivity contribution >= 4 is 11.6 Å². The zero-order valence-electron chi connectivity index (χ0n) is 16.0. The molecule has 1 aromatic carbocycles. The summed E-state index contributed by atoms with van der Waals surface area (Å²) in [5, 5.41) is 19.2. The quantitative estimate of drug-likeness (QED) is 0.827. The van der Waals surface area contributed by atoms with Crippen LogP contribution in [-0.2, 0) is 6.18 Å². The minimum atomic E-state index is -4.63. The molecule has 2 aromatic rings. The van der Waals surface area contributed by atoms with Crippen LogP contribution in [0.5, 0.6) is 0 Å². The fraction of sp³-hybridized carbons (Fsp3) is 0.429. The summed E-state index contributed by atoms with van der Waals surface area (Å²) in [6, 6.07) is 6.85. The first-order chi connectivity index (χ1) is 14.3. The molecule has 1 N–H and O–H groups in total. The van der Waals surface area contributed by atoms with Gasteiger partial charge in [0.15, 0.2) is 0 Å². The molecule has 2 saturated heterocycles. The molecule has 0 saturated carbocycles. The summed E-state index contributed by atoms with van der Waals surface area (Å²) in [5.41, 5.74) is -1.22. The number of aliphatic hydroxyl groups is 1. The highest BCUT2D eigenvalue weighted by molar-refractivity contribution is 5.94. The predicted molar refractivity (Wildman–Crippen MR) is 101 cm³/mol. The van der Waals surface area contributed by atoms with Crippen molar-refractivity contribution in [1.82, 2.24) is 4.90 Å². The van der Waals surface area contributed by atoms with E-state index in [0.29, 0.717) is 43.9 Å². The lowest BCUT2D eigenvalue weighted by atomic mass is 9.74. The number of nitriles is 1. The van der Waals surface area contributed by atoms with Gasteiger partial charge in [0.2, 0.25) is 0 Å². The molecule has 2 aliphatic heterocycles. The van der Waals surface area contributed by atoms with Gasteiger partial charge in [-0.15, -0.1) is 0 Å². The average Bonchev–Trinajstić information content (AvgIpc) is 3.40. The molecular formula is C21H20F3N3O3. The summed E-state index contributed by atoms with van der Waals surface area (Å²) >= 11 is 0. The van der Waals surface area contributed by atoms with E-state index < -0.39 is 22.7 Å². The summed E-state index contributed by atoms with van der Waals surface area (Å²) in [5.74, 6) is -0.134. The van der Waals surface area contributed by atoms with Crippen LogP contribution < -0.4 is 4.90 Å². The Bertz CT molecular complexity index is 984. The summed E-state index contributed by atoms with van der Waals surface area (Å²) < 4.78 is 45.0. The summed E-state index contributed by atoms with van der Waals surface area (Å²) in [4.78, 5) is 16.2. The maximum absolute atomic E-state index is 13.4. The SMILES string of the molecule is N#Cc1ccc(N2CC[C@@H]3CN(C(=O)c4ccoc4)C[C@]3(CO)C2)cc1C(F)(F)F. The van der Waals surface area contributed by atoms with E-state index in [0.717, 1.165) is 6.07 Å². The number of rotatable bonds is 3. The molecule has 158 valence electrons. The molecular weight excluding hydrogens is 399 g/mol. The third-order valence-electron chi connectivity index (χ3n) is 6.23. The first-order valence-electron chi connectivity index (χ1n) is 9.56. The van der Waals surface area contributed by atoms with E-state index in [1.807, 2.05) is 0 Å². The predicted octanol–water partition coefficient (Wildman–Crippen LogP) is 3.13. The minimum Gasteiger partial charge on any atom is -0.472 e. The van der Waals surface area contributed by atoms with Crippen molar-refractivity contribution in [3.8, 4) is 6.07 Å². The monoisotopic (exact) mass is 419 g/mol. The Kier molecular flexibility index (Phi) is 4.98. The maximum Gasteiger partial charge on any atom is 0.417 e. The lowest BCUT2D eigenvalue weighted by Crippen LogP contribution is -2.51. The van der Waals surface area contributed by atoms with Crippen LogP contribution in [0.3, 0.4) is 0 Å². The molecule has 0 aliphatic carbocycles. The average molecular weight is 419 g/mol. The maximum atomic E-state index is 13.4. The smallest absolute Gasteiger partial charge is 0.417 e. The van der Waals surface area contributed by atoms with Gasteiger partial charge < -0.3 is 19.3 Å². The number of anilines is 1. The van der Waals surface area contributed by atoms with Crippen LogP contribution >= 0.6 is 0 Å². The topological polar surface area (TPSA) is 80.7 Å². The van der Waals surface area contributed by atoms with Gasteiger partial charge in [0, 0.05) is 37.3 Å². The number of fused-ring (bicyclic) bond motifs is 1. The highest BCUT2D eigenvalue weighted by Gasteiger charge is 2.51. The van der Waals surface area contributed by atoms with Crippen LogP contribution in [0.25, 0.3) is 0 Å². The number of carbonyl (C=O) groups excluding carboxylic acids is 1. The van der Waals surface area contributed by atoms with Crippen LogP contribution in [-0.4, -0.2) is 48.7 Å². The molecule has 0 bridgehead atoms. The van der Waals surface area contributed by atoms with E-state index in [2.05, 4.69) is 0 Å². The molecule has 6 nitrogen and oxygen atoms in total. The molecule has 0 spiro atoms. The molecule has 2 aliphatic rings. The molecule has 9 heteroatoms. The second kappa shape index (κ2) is 7.36. The molecule has 1 amide bonds. The summed E-state index contributed by atoms with van der Waals surface area (Å²) in [6.45, 7) is 1.46. The highest BCUT2D eigenvalue weighted by Crippen LogP contribution is 2.44. The van der Waals surface area contributed by atoms with Gasteiger partial charge in [-0.3, -0.25) is 4.79 Å². The van der Waals surface area contributed by atoms with Gasteiger partial charge in [0.05, 0.1) is 35.6 Å². The van der Waals surface area contributed by atoms with Crippen molar-refractivity contribution < 1.29 is 27.5 Å². The Morgan fingerprint density at radius 1 is 1.33 bits per heavy atom. The highest BCUT2D eigenvalue weighted by atomic mass is 19.4. The molecule has 30 heavy (non-hydrogen) atoms. The Morgan fingerprint density at radius 3 is 2.77 bits per heavy atom. The zero-order chi connectivity index (χ0) is 21.5. The number of piperidine rings is 1. The zero-order valence-corrected chi connectivity index (χ0v) is 16.0. The number of halogens is 3. The van der Waals surface area contributed by atoms with Crippen molar-refractivity contribution in [2.75, 3.05) is 37.7 Å². The first-order valence-corrected chi connectivity index (χ1v) is 9.56. The fourth-order valence-corrected chi connectivity index (χ4v) is 4.61. The van der Waals surface area contributed by atoms with Gasteiger partial charge in [0.1, 0.15) is 6.26 Å². The van der Waals surface area contributed by atoms with E-state index >= 15 is 0 Å². The number of alkyl halides is 3. The number of likely N-dealkylation sites (tertiary alicyclic amines) is 1. The van der Waals surface area contributed by atoms with E-state index in [1.165, 1.54) is 24.7 Å². The van der Waals surface area contributed by atoms with Gasteiger partial charge in [0.25, 0.3) is 5.91 Å². The molecule has 3 heterocycles. The number of hydrogen-bond donors (Lipinski definition) is 1. The van der Waals surface area contributed by atoms with Gasteiger partial charge in [-0.1, -0.05) is 0 Å². The molecule has 1 aromatic heterocycles. The van der Waals surface area contributed by atoms with Crippen molar-refractivity contribution in [2.45, 2.75) is 12.6 Å². The molecule has 4 rings (SSSR count). The molecule has 0 radical (unpaired) electrons.